The minimum Gasteiger partial charge on any atom is -0.482 e. The van der Waals surface area contributed by atoms with Gasteiger partial charge in [-0.2, -0.15) is 9.78 Å². The molecule has 6 rings (SSSR count). The van der Waals surface area contributed by atoms with Crippen LogP contribution in [0.5, 0.6) is 5.75 Å². The molecule has 0 bridgehead atoms. The van der Waals surface area contributed by atoms with E-state index >= 15 is 0 Å². The normalized spacial score (nSPS) is 11.5. The minimum atomic E-state index is -0.416. The largest absolute Gasteiger partial charge is 0.482 e. The fraction of sp³-hybridized carbons (Fsp3) is 0.152. The third kappa shape index (κ3) is 5.54. The molecule has 0 fully saturated rings. The van der Waals surface area contributed by atoms with E-state index in [2.05, 4.69) is 9.67 Å². The summed E-state index contributed by atoms with van der Waals surface area (Å²) in [6, 6.07) is 23.7. The standard InChI is InChI=1S/C33H27ClN4O5/c1-4-41-31(39)19-42-26-12-10-25(11-13-26)37-20(2)15-23(21(37)3)18-35-38-32(36-28-8-6-5-7-27(28)33(38)40)30-17-22-16-24(34)9-14-29(22)43-30/h5-18H,4,19H2,1-3H3. The summed E-state index contributed by atoms with van der Waals surface area (Å²) in [4.78, 5) is 30.0. The van der Waals surface area contributed by atoms with Crippen molar-refractivity contribution in [1.82, 2.24) is 14.2 Å². The molecule has 216 valence electrons. The van der Waals surface area contributed by atoms with Crippen molar-refractivity contribution in [2.24, 2.45) is 5.10 Å². The molecule has 0 N–H and O–H groups in total. The van der Waals surface area contributed by atoms with Gasteiger partial charge in [0.15, 0.2) is 12.4 Å². The highest BCUT2D eigenvalue weighted by atomic mass is 35.5. The number of furan rings is 1. The van der Waals surface area contributed by atoms with Crippen LogP contribution in [0.1, 0.15) is 23.9 Å². The number of aromatic nitrogens is 3. The molecule has 0 aliphatic rings. The summed E-state index contributed by atoms with van der Waals surface area (Å²) < 4.78 is 19.8. The number of carbonyl (C=O) groups excluding carboxylic acids is 1. The SMILES string of the molecule is CCOC(=O)COc1ccc(-n2c(C)cc(C=Nn3c(-c4cc5cc(Cl)ccc5o4)nc4ccccc4c3=O)c2C)cc1. The van der Waals surface area contributed by atoms with Crippen LogP contribution < -0.4 is 10.3 Å². The first kappa shape index (κ1) is 28.0. The third-order valence-corrected chi connectivity index (χ3v) is 7.23. The maximum absolute atomic E-state index is 13.7. The fourth-order valence-electron chi connectivity index (χ4n) is 4.99. The molecule has 0 atom stereocenters. The average molecular weight is 595 g/mol. The molecule has 0 saturated heterocycles. The molecule has 3 aromatic carbocycles. The van der Waals surface area contributed by atoms with Crippen LogP contribution >= 0.6 is 11.6 Å². The van der Waals surface area contributed by atoms with E-state index < -0.39 is 5.97 Å². The summed E-state index contributed by atoms with van der Waals surface area (Å²) >= 11 is 6.18. The monoisotopic (exact) mass is 594 g/mol. The molecule has 6 aromatic rings. The lowest BCUT2D eigenvalue weighted by atomic mass is 10.2. The number of halogens is 1. The number of ether oxygens (including phenoxy) is 2. The highest BCUT2D eigenvalue weighted by molar-refractivity contribution is 6.31. The number of rotatable bonds is 8. The number of hydrogen-bond donors (Lipinski definition) is 0. The highest BCUT2D eigenvalue weighted by Crippen LogP contribution is 2.29. The first-order valence-corrected chi connectivity index (χ1v) is 14.0. The third-order valence-electron chi connectivity index (χ3n) is 6.99. The number of hydrogen-bond acceptors (Lipinski definition) is 7. The summed E-state index contributed by atoms with van der Waals surface area (Å²) in [5.41, 5.74) is 4.47. The predicted molar refractivity (Wildman–Crippen MR) is 167 cm³/mol. The van der Waals surface area contributed by atoms with E-state index in [-0.39, 0.29) is 18.0 Å². The van der Waals surface area contributed by atoms with Gasteiger partial charge < -0.3 is 18.5 Å². The molecular formula is C33H27ClN4O5. The maximum atomic E-state index is 13.7. The van der Waals surface area contributed by atoms with Crippen LogP contribution in [0.15, 0.2) is 93.2 Å². The average Bonchev–Trinajstić information content (AvgIpc) is 3.55. The molecule has 0 spiro atoms. The van der Waals surface area contributed by atoms with E-state index in [0.717, 1.165) is 28.0 Å². The Morgan fingerprint density at radius 2 is 1.84 bits per heavy atom. The fourth-order valence-corrected chi connectivity index (χ4v) is 5.17. The second-order valence-electron chi connectivity index (χ2n) is 9.86. The molecule has 0 aliphatic heterocycles. The Bertz CT molecular complexity index is 2070. The predicted octanol–water partition coefficient (Wildman–Crippen LogP) is 6.69. The van der Waals surface area contributed by atoms with Crippen LogP contribution in [0, 0.1) is 13.8 Å². The molecular weight excluding hydrogens is 568 g/mol. The van der Waals surface area contributed by atoms with Crippen LogP contribution in [0.2, 0.25) is 5.02 Å². The molecule has 0 radical (unpaired) electrons. The Morgan fingerprint density at radius 3 is 2.63 bits per heavy atom. The summed E-state index contributed by atoms with van der Waals surface area (Å²) in [6.07, 6.45) is 1.65. The second kappa shape index (κ2) is 11.6. The molecule has 10 heteroatoms. The minimum absolute atomic E-state index is 0.151. The van der Waals surface area contributed by atoms with Crippen molar-refractivity contribution >= 4 is 45.7 Å². The van der Waals surface area contributed by atoms with Gasteiger partial charge in [0.25, 0.3) is 5.56 Å². The summed E-state index contributed by atoms with van der Waals surface area (Å²) in [6.45, 7) is 5.87. The van der Waals surface area contributed by atoms with Crippen LogP contribution in [0.25, 0.3) is 39.1 Å². The summed E-state index contributed by atoms with van der Waals surface area (Å²) in [7, 11) is 0. The Kier molecular flexibility index (Phi) is 7.56. The van der Waals surface area contributed by atoms with Gasteiger partial charge in [0.2, 0.25) is 5.82 Å². The van der Waals surface area contributed by atoms with E-state index in [1.54, 1.807) is 67.7 Å². The number of fused-ring (bicyclic) bond motifs is 2. The van der Waals surface area contributed by atoms with Crippen molar-refractivity contribution in [3.05, 3.63) is 111 Å². The van der Waals surface area contributed by atoms with Gasteiger partial charge in [-0.1, -0.05) is 23.7 Å². The summed E-state index contributed by atoms with van der Waals surface area (Å²) in [5, 5.41) is 6.44. The van der Waals surface area contributed by atoms with Gasteiger partial charge in [0.1, 0.15) is 11.3 Å². The lowest BCUT2D eigenvalue weighted by molar-refractivity contribution is -0.145. The molecule has 0 saturated carbocycles. The smallest absolute Gasteiger partial charge is 0.344 e. The van der Waals surface area contributed by atoms with Crippen molar-refractivity contribution in [1.29, 1.82) is 0 Å². The van der Waals surface area contributed by atoms with Gasteiger partial charge in [0.05, 0.1) is 23.7 Å². The molecule has 0 amide bonds. The second-order valence-corrected chi connectivity index (χ2v) is 10.3. The van der Waals surface area contributed by atoms with E-state index in [1.807, 2.05) is 38.1 Å². The molecule has 0 aliphatic carbocycles. The molecule has 3 heterocycles. The lowest BCUT2D eigenvalue weighted by Crippen LogP contribution is -2.20. The van der Waals surface area contributed by atoms with Crippen molar-refractivity contribution < 1.29 is 18.7 Å². The van der Waals surface area contributed by atoms with Crippen LogP contribution in [-0.2, 0) is 9.53 Å². The zero-order valence-electron chi connectivity index (χ0n) is 23.7. The number of nitrogens with zero attached hydrogens (tertiary/aromatic N) is 4. The van der Waals surface area contributed by atoms with Gasteiger partial charge in [-0.15, -0.1) is 0 Å². The van der Waals surface area contributed by atoms with Crippen molar-refractivity contribution in [2.75, 3.05) is 13.2 Å². The maximum Gasteiger partial charge on any atom is 0.344 e. The Morgan fingerprint density at radius 1 is 1.05 bits per heavy atom. The lowest BCUT2D eigenvalue weighted by Gasteiger charge is -2.11. The first-order chi connectivity index (χ1) is 20.8. The number of benzene rings is 3. The summed E-state index contributed by atoms with van der Waals surface area (Å²) in [5.74, 6) is 0.818. The van der Waals surface area contributed by atoms with Crippen molar-refractivity contribution in [3.8, 4) is 23.0 Å². The van der Waals surface area contributed by atoms with Crippen LogP contribution in [0.4, 0.5) is 0 Å². The molecule has 0 unspecified atom stereocenters. The number of esters is 1. The topological polar surface area (TPSA) is 101 Å². The van der Waals surface area contributed by atoms with Gasteiger partial charge in [-0.25, -0.2) is 9.78 Å². The number of aryl methyl sites for hydroxylation is 1. The number of para-hydroxylation sites is 1. The Balaban J connectivity index is 1.36. The quantitative estimate of drug-likeness (QED) is 0.144. The zero-order chi connectivity index (χ0) is 30.1. The van der Waals surface area contributed by atoms with Crippen molar-refractivity contribution in [3.63, 3.8) is 0 Å². The van der Waals surface area contributed by atoms with E-state index in [0.29, 0.717) is 39.6 Å². The van der Waals surface area contributed by atoms with Crippen molar-refractivity contribution in [2.45, 2.75) is 20.8 Å². The zero-order valence-corrected chi connectivity index (χ0v) is 24.5. The van der Waals surface area contributed by atoms with E-state index in [9.17, 15) is 9.59 Å². The highest BCUT2D eigenvalue weighted by Gasteiger charge is 2.17. The number of carbonyl (C=O) groups is 1. The molecule has 3 aromatic heterocycles. The first-order valence-electron chi connectivity index (χ1n) is 13.7. The van der Waals surface area contributed by atoms with Gasteiger partial charge in [-0.3, -0.25) is 4.79 Å². The molecule has 43 heavy (non-hydrogen) atoms. The Labute approximate surface area is 251 Å². The molecule has 9 nitrogen and oxygen atoms in total. The Hall–Kier alpha value is -5.15. The van der Waals surface area contributed by atoms with Crippen LogP contribution in [0.3, 0.4) is 0 Å². The van der Waals surface area contributed by atoms with E-state index in [4.69, 9.17) is 30.5 Å². The van der Waals surface area contributed by atoms with Crippen LogP contribution in [-0.4, -0.2) is 39.6 Å². The van der Waals surface area contributed by atoms with E-state index in [1.165, 1.54) is 4.68 Å². The van der Waals surface area contributed by atoms with Gasteiger partial charge in [-0.05, 0) is 87.5 Å². The van der Waals surface area contributed by atoms with Gasteiger partial charge >= 0.3 is 5.97 Å². The van der Waals surface area contributed by atoms with Gasteiger partial charge in [0, 0.05) is 33.0 Å².